The lowest BCUT2D eigenvalue weighted by Crippen LogP contribution is -2.15. The summed E-state index contributed by atoms with van der Waals surface area (Å²) in [6, 6.07) is 17.2. The largest absolute Gasteiger partial charge is 0.322 e. The summed E-state index contributed by atoms with van der Waals surface area (Å²) in [4.78, 5) is 12.5. The number of hydrogen-bond acceptors (Lipinski definition) is 2. The molecule has 0 spiro atoms. The first kappa shape index (κ1) is 14.8. The number of para-hydroxylation sites is 1. The molecule has 0 fully saturated rings. The monoisotopic (exact) mass is 403 g/mol. The van der Waals surface area contributed by atoms with Gasteiger partial charge in [-0.05, 0) is 52.4 Å². The molecule has 1 amide bonds. The first-order valence-corrected chi connectivity index (χ1v) is 7.93. The summed E-state index contributed by atoms with van der Waals surface area (Å²) in [5.74, 6) is -0.0992. The Bertz CT molecular complexity index is 784. The van der Waals surface area contributed by atoms with Crippen LogP contribution in [-0.4, -0.2) is 15.7 Å². The van der Waals surface area contributed by atoms with Crippen LogP contribution in [0.15, 0.2) is 67.0 Å². The molecule has 1 aromatic heterocycles. The van der Waals surface area contributed by atoms with Gasteiger partial charge in [0.05, 0.1) is 12.1 Å². The van der Waals surface area contributed by atoms with Crippen molar-refractivity contribution in [3.8, 4) is 0 Å². The SMILES string of the molecule is O=C(Nc1ccccc1Cn1cccn1)c1ccccc1I. The maximum Gasteiger partial charge on any atom is 0.256 e. The molecule has 0 unspecified atom stereocenters. The molecule has 110 valence electrons. The molecule has 5 heteroatoms. The molecule has 0 bridgehead atoms. The molecule has 0 aliphatic carbocycles. The lowest BCUT2D eigenvalue weighted by Gasteiger charge is -2.12. The summed E-state index contributed by atoms with van der Waals surface area (Å²) in [5.41, 5.74) is 2.50. The average molecular weight is 403 g/mol. The van der Waals surface area contributed by atoms with E-state index in [1.54, 1.807) is 6.20 Å². The predicted molar refractivity (Wildman–Crippen MR) is 94.9 cm³/mol. The Morgan fingerprint density at radius 2 is 1.86 bits per heavy atom. The number of hydrogen-bond donors (Lipinski definition) is 1. The number of carbonyl (C=O) groups is 1. The molecule has 2 aromatic carbocycles. The van der Waals surface area contributed by atoms with Crippen molar-refractivity contribution in [1.29, 1.82) is 0 Å². The third-order valence-electron chi connectivity index (χ3n) is 3.28. The lowest BCUT2D eigenvalue weighted by molar-refractivity contribution is 0.102. The van der Waals surface area contributed by atoms with E-state index in [0.29, 0.717) is 12.1 Å². The van der Waals surface area contributed by atoms with Crippen LogP contribution in [0, 0.1) is 3.57 Å². The van der Waals surface area contributed by atoms with Crippen LogP contribution in [0.25, 0.3) is 0 Å². The summed E-state index contributed by atoms with van der Waals surface area (Å²) in [7, 11) is 0. The molecular weight excluding hydrogens is 389 g/mol. The molecule has 0 radical (unpaired) electrons. The molecular formula is C17H14IN3O. The summed E-state index contributed by atoms with van der Waals surface area (Å²) in [6.07, 6.45) is 3.65. The number of nitrogens with zero attached hydrogens (tertiary/aromatic N) is 2. The average Bonchev–Trinajstić information content (AvgIpc) is 3.02. The van der Waals surface area contributed by atoms with Crippen LogP contribution in [0.5, 0.6) is 0 Å². The zero-order chi connectivity index (χ0) is 15.4. The van der Waals surface area contributed by atoms with Crippen molar-refractivity contribution in [2.24, 2.45) is 0 Å². The fourth-order valence-electron chi connectivity index (χ4n) is 2.18. The van der Waals surface area contributed by atoms with Gasteiger partial charge in [-0.25, -0.2) is 0 Å². The van der Waals surface area contributed by atoms with Gasteiger partial charge in [0.1, 0.15) is 0 Å². The van der Waals surface area contributed by atoms with Crippen molar-refractivity contribution >= 4 is 34.2 Å². The van der Waals surface area contributed by atoms with Crippen LogP contribution in [0.1, 0.15) is 15.9 Å². The zero-order valence-corrected chi connectivity index (χ0v) is 13.9. The predicted octanol–water partition coefficient (Wildman–Crippen LogP) is 3.79. The number of carbonyl (C=O) groups excluding carboxylic acids is 1. The molecule has 0 saturated heterocycles. The summed E-state index contributed by atoms with van der Waals surface area (Å²) < 4.78 is 2.76. The molecule has 1 N–H and O–H groups in total. The fourth-order valence-corrected chi connectivity index (χ4v) is 2.82. The molecule has 0 saturated carbocycles. The smallest absolute Gasteiger partial charge is 0.256 e. The summed E-state index contributed by atoms with van der Waals surface area (Å²) >= 11 is 2.17. The minimum atomic E-state index is -0.0992. The molecule has 3 rings (SSSR count). The number of aromatic nitrogens is 2. The molecule has 22 heavy (non-hydrogen) atoms. The lowest BCUT2D eigenvalue weighted by atomic mass is 10.1. The first-order valence-electron chi connectivity index (χ1n) is 6.85. The normalized spacial score (nSPS) is 10.4. The van der Waals surface area contributed by atoms with Gasteiger partial charge >= 0.3 is 0 Å². The Kier molecular flexibility index (Phi) is 4.53. The van der Waals surface area contributed by atoms with Crippen LogP contribution < -0.4 is 5.32 Å². The quantitative estimate of drug-likeness (QED) is 0.674. The van der Waals surface area contributed by atoms with Crippen molar-refractivity contribution in [2.75, 3.05) is 5.32 Å². The minimum absolute atomic E-state index is 0.0992. The Hall–Kier alpha value is -2.15. The van der Waals surface area contributed by atoms with Gasteiger partial charge < -0.3 is 5.32 Å². The standard InChI is InChI=1S/C17H14IN3O/c18-15-8-3-2-7-14(15)17(22)20-16-9-4-1-6-13(16)12-21-11-5-10-19-21/h1-11H,12H2,(H,20,22). The maximum absolute atomic E-state index is 12.5. The molecule has 3 aromatic rings. The Labute approximate surface area is 142 Å². The highest BCUT2D eigenvalue weighted by atomic mass is 127. The second kappa shape index (κ2) is 6.74. The summed E-state index contributed by atoms with van der Waals surface area (Å²) in [5, 5.41) is 7.20. The first-order chi connectivity index (χ1) is 10.7. The van der Waals surface area contributed by atoms with Gasteiger partial charge in [0.25, 0.3) is 5.91 Å². The van der Waals surface area contributed by atoms with Crippen LogP contribution in [0.4, 0.5) is 5.69 Å². The van der Waals surface area contributed by atoms with E-state index in [0.717, 1.165) is 14.8 Å². The Balaban J connectivity index is 1.83. The Morgan fingerprint density at radius 1 is 1.09 bits per heavy atom. The zero-order valence-electron chi connectivity index (χ0n) is 11.7. The minimum Gasteiger partial charge on any atom is -0.322 e. The molecule has 0 aliphatic rings. The molecule has 0 aliphatic heterocycles. The van der Waals surface area contributed by atoms with Crippen LogP contribution in [-0.2, 0) is 6.54 Å². The number of anilines is 1. The second-order valence-corrected chi connectivity index (χ2v) is 5.96. The van der Waals surface area contributed by atoms with Crippen molar-refractivity contribution < 1.29 is 4.79 Å². The third-order valence-corrected chi connectivity index (χ3v) is 4.22. The van der Waals surface area contributed by atoms with E-state index in [-0.39, 0.29) is 5.91 Å². The number of benzene rings is 2. The van der Waals surface area contributed by atoms with Crippen LogP contribution >= 0.6 is 22.6 Å². The highest BCUT2D eigenvalue weighted by Gasteiger charge is 2.11. The molecule has 1 heterocycles. The fraction of sp³-hybridized carbons (Fsp3) is 0.0588. The third kappa shape index (κ3) is 3.36. The number of rotatable bonds is 4. The highest BCUT2D eigenvalue weighted by Crippen LogP contribution is 2.19. The van der Waals surface area contributed by atoms with Gasteiger partial charge in [-0.1, -0.05) is 30.3 Å². The van der Waals surface area contributed by atoms with Crippen LogP contribution in [0.3, 0.4) is 0 Å². The highest BCUT2D eigenvalue weighted by molar-refractivity contribution is 14.1. The summed E-state index contributed by atoms with van der Waals surface area (Å²) in [6.45, 7) is 0.620. The van der Waals surface area contributed by atoms with E-state index >= 15 is 0 Å². The van der Waals surface area contributed by atoms with E-state index in [2.05, 4.69) is 33.0 Å². The van der Waals surface area contributed by atoms with Crippen molar-refractivity contribution in [3.63, 3.8) is 0 Å². The van der Waals surface area contributed by atoms with Crippen molar-refractivity contribution in [1.82, 2.24) is 9.78 Å². The molecule has 4 nitrogen and oxygen atoms in total. The number of amides is 1. The Morgan fingerprint density at radius 3 is 2.64 bits per heavy atom. The van der Waals surface area contributed by atoms with E-state index in [1.807, 2.05) is 65.5 Å². The van der Waals surface area contributed by atoms with Gasteiger partial charge in [-0.15, -0.1) is 0 Å². The maximum atomic E-state index is 12.5. The van der Waals surface area contributed by atoms with E-state index in [9.17, 15) is 4.79 Å². The van der Waals surface area contributed by atoms with Crippen molar-refractivity contribution in [3.05, 3.63) is 81.7 Å². The van der Waals surface area contributed by atoms with Gasteiger partial charge in [0.2, 0.25) is 0 Å². The van der Waals surface area contributed by atoms with Gasteiger partial charge in [0.15, 0.2) is 0 Å². The van der Waals surface area contributed by atoms with Gasteiger partial charge in [-0.3, -0.25) is 9.48 Å². The van der Waals surface area contributed by atoms with E-state index in [4.69, 9.17) is 0 Å². The van der Waals surface area contributed by atoms with E-state index in [1.165, 1.54) is 0 Å². The number of halogens is 1. The van der Waals surface area contributed by atoms with Gasteiger partial charge in [0, 0.05) is 21.7 Å². The van der Waals surface area contributed by atoms with Crippen molar-refractivity contribution in [2.45, 2.75) is 6.54 Å². The van der Waals surface area contributed by atoms with Gasteiger partial charge in [-0.2, -0.15) is 5.10 Å². The van der Waals surface area contributed by atoms with Crippen LogP contribution in [0.2, 0.25) is 0 Å². The number of nitrogens with one attached hydrogen (secondary N) is 1. The second-order valence-electron chi connectivity index (χ2n) is 4.79. The topological polar surface area (TPSA) is 46.9 Å². The molecule has 0 atom stereocenters. The van der Waals surface area contributed by atoms with E-state index < -0.39 is 0 Å².